The highest BCUT2D eigenvalue weighted by Crippen LogP contribution is 2.24. The zero-order valence-electron chi connectivity index (χ0n) is 17.9. The molecule has 0 aliphatic heterocycles. The van der Waals surface area contributed by atoms with Gasteiger partial charge < -0.3 is 20.7 Å². The Morgan fingerprint density at radius 2 is 1.66 bits per heavy atom. The molecule has 1 aliphatic rings. The van der Waals surface area contributed by atoms with Crippen molar-refractivity contribution in [1.29, 1.82) is 0 Å². The average molecular weight is 434 g/mol. The van der Waals surface area contributed by atoms with E-state index in [1.165, 1.54) is 6.20 Å². The fourth-order valence-corrected chi connectivity index (χ4v) is 3.91. The minimum atomic E-state index is -0.333. The van der Waals surface area contributed by atoms with E-state index in [1.807, 2.05) is 42.5 Å². The Balaban J connectivity index is 1.43. The monoisotopic (exact) mass is 433 g/mol. The van der Waals surface area contributed by atoms with Crippen molar-refractivity contribution in [3.8, 4) is 0 Å². The number of nitrogens with zero attached hydrogens (tertiary/aromatic N) is 1. The third-order valence-electron chi connectivity index (χ3n) is 5.68. The van der Waals surface area contributed by atoms with E-state index in [1.54, 1.807) is 19.2 Å². The number of amides is 2. The maximum atomic E-state index is 13.0. The molecule has 4 rings (SSSR count). The first-order valence-corrected chi connectivity index (χ1v) is 10.7. The van der Waals surface area contributed by atoms with Gasteiger partial charge in [-0.3, -0.25) is 14.7 Å². The van der Waals surface area contributed by atoms with Crippen LogP contribution in [0.25, 0.3) is 0 Å². The topological polar surface area (TPSA) is 108 Å². The van der Waals surface area contributed by atoms with Crippen LogP contribution in [0.2, 0.25) is 0 Å². The first kappa shape index (κ1) is 21.6. The molecule has 1 aromatic heterocycles. The summed E-state index contributed by atoms with van der Waals surface area (Å²) in [6.07, 6.45) is 5.26. The second kappa shape index (κ2) is 10.1. The van der Waals surface area contributed by atoms with E-state index >= 15 is 0 Å². The van der Waals surface area contributed by atoms with Crippen molar-refractivity contribution < 1.29 is 14.3 Å². The maximum Gasteiger partial charge on any atom is 0.271 e. The van der Waals surface area contributed by atoms with Gasteiger partial charge in [0.15, 0.2) is 0 Å². The number of hydrogen-bond acceptors (Lipinski definition) is 5. The minimum absolute atomic E-state index is 0.0801. The molecule has 0 atom stereocenters. The number of H-pyrrole nitrogens is 1. The molecule has 32 heavy (non-hydrogen) atoms. The minimum Gasteiger partial charge on any atom is -0.381 e. The molecule has 1 aliphatic carbocycles. The Labute approximate surface area is 186 Å². The number of benzene rings is 2. The zero-order valence-corrected chi connectivity index (χ0v) is 17.9. The normalized spacial score (nSPS) is 18.0. The second-order valence-electron chi connectivity index (χ2n) is 7.83. The third kappa shape index (κ3) is 5.15. The fourth-order valence-electron chi connectivity index (χ4n) is 3.91. The summed E-state index contributed by atoms with van der Waals surface area (Å²) < 4.78 is 5.39. The molecule has 1 fully saturated rings. The summed E-state index contributed by atoms with van der Waals surface area (Å²) in [6, 6.07) is 16.9. The number of anilines is 3. The molecule has 2 amide bonds. The summed E-state index contributed by atoms with van der Waals surface area (Å²) >= 11 is 0. The molecule has 4 N–H and O–H groups in total. The van der Waals surface area contributed by atoms with Crippen molar-refractivity contribution in [2.24, 2.45) is 0 Å². The predicted octanol–water partition coefficient (Wildman–Crippen LogP) is 4.09. The molecule has 3 aromatic rings. The zero-order chi connectivity index (χ0) is 22.3. The number of ether oxygens (including phenoxy) is 1. The van der Waals surface area contributed by atoms with Crippen LogP contribution in [0.15, 0.2) is 60.8 Å². The van der Waals surface area contributed by atoms with Gasteiger partial charge in [-0.1, -0.05) is 30.3 Å². The van der Waals surface area contributed by atoms with Crippen LogP contribution in [0, 0.1) is 0 Å². The molecule has 0 unspecified atom stereocenters. The highest BCUT2D eigenvalue weighted by molar-refractivity contribution is 6.11. The first-order valence-electron chi connectivity index (χ1n) is 10.7. The lowest BCUT2D eigenvalue weighted by atomic mass is 9.93. The van der Waals surface area contributed by atoms with Gasteiger partial charge in [-0.15, -0.1) is 0 Å². The maximum absolute atomic E-state index is 13.0. The van der Waals surface area contributed by atoms with Gasteiger partial charge in [-0.2, -0.15) is 5.10 Å². The van der Waals surface area contributed by atoms with E-state index in [0.29, 0.717) is 16.9 Å². The SMILES string of the molecule is COC1CCC(NC(=O)c2[nH]ncc2NC(=O)c2ccccc2Nc2ccccc2)CC1. The van der Waals surface area contributed by atoms with E-state index in [-0.39, 0.29) is 29.7 Å². The number of carbonyl (C=O) groups excluding carboxylic acids is 2. The first-order chi connectivity index (χ1) is 15.6. The quantitative estimate of drug-likeness (QED) is 0.449. The third-order valence-corrected chi connectivity index (χ3v) is 5.68. The Morgan fingerprint density at radius 3 is 2.41 bits per heavy atom. The van der Waals surface area contributed by atoms with Crippen molar-refractivity contribution in [3.63, 3.8) is 0 Å². The van der Waals surface area contributed by atoms with Crippen LogP contribution < -0.4 is 16.0 Å². The van der Waals surface area contributed by atoms with Crippen molar-refractivity contribution in [2.75, 3.05) is 17.7 Å². The van der Waals surface area contributed by atoms with Crippen LogP contribution >= 0.6 is 0 Å². The molecule has 8 heteroatoms. The molecular formula is C24H27N5O3. The lowest BCUT2D eigenvalue weighted by molar-refractivity contribution is 0.0598. The summed E-state index contributed by atoms with van der Waals surface area (Å²) in [7, 11) is 1.72. The van der Waals surface area contributed by atoms with Crippen LogP contribution in [0.5, 0.6) is 0 Å². The van der Waals surface area contributed by atoms with Gasteiger partial charge in [-0.05, 0) is 49.9 Å². The molecule has 166 valence electrons. The van der Waals surface area contributed by atoms with E-state index in [2.05, 4.69) is 26.1 Å². The molecule has 2 aromatic carbocycles. The molecule has 8 nitrogen and oxygen atoms in total. The van der Waals surface area contributed by atoms with Crippen molar-refractivity contribution in [3.05, 3.63) is 72.1 Å². The van der Waals surface area contributed by atoms with Gasteiger partial charge in [0.1, 0.15) is 5.69 Å². The van der Waals surface area contributed by atoms with Crippen LogP contribution in [-0.4, -0.2) is 41.3 Å². The Hall–Kier alpha value is -3.65. The molecule has 1 heterocycles. The summed E-state index contributed by atoms with van der Waals surface area (Å²) in [4.78, 5) is 25.8. The number of rotatable bonds is 7. The van der Waals surface area contributed by atoms with Crippen LogP contribution in [0.4, 0.5) is 17.1 Å². The molecule has 0 saturated heterocycles. The van der Waals surface area contributed by atoms with Crippen molar-refractivity contribution >= 4 is 28.9 Å². The number of nitrogens with one attached hydrogen (secondary N) is 4. The Morgan fingerprint density at radius 1 is 0.938 bits per heavy atom. The van der Waals surface area contributed by atoms with Crippen LogP contribution in [0.1, 0.15) is 46.5 Å². The van der Waals surface area contributed by atoms with Crippen molar-refractivity contribution in [1.82, 2.24) is 15.5 Å². The number of para-hydroxylation sites is 2. The van der Waals surface area contributed by atoms with Crippen LogP contribution in [0.3, 0.4) is 0 Å². The summed E-state index contributed by atoms with van der Waals surface area (Å²) in [5, 5.41) is 15.8. The largest absolute Gasteiger partial charge is 0.381 e. The molecule has 1 saturated carbocycles. The Kier molecular flexibility index (Phi) is 6.81. The van der Waals surface area contributed by atoms with Gasteiger partial charge in [0, 0.05) is 18.8 Å². The fraction of sp³-hybridized carbons (Fsp3) is 0.292. The van der Waals surface area contributed by atoms with Gasteiger partial charge in [-0.25, -0.2) is 0 Å². The predicted molar refractivity (Wildman–Crippen MR) is 123 cm³/mol. The lowest BCUT2D eigenvalue weighted by Gasteiger charge is -2.28. The summed E-state index contributed by atoms with van der Waals surface area (Å²) in [5.41, 5.74) is 2.58. The van der Waals surface area contributed by atoms with E-state index in [0.717, 1.165) is 31.4 Å². The molecule has 0 spiro atoms. The second-order valence-corrected chi connectivity index (χ2v) is 7.83. The van der Waals surface area contributed by atoms with Crippen LogP contribution in [-0.2, 0) is 4.74 Å². The van der Waals surface area contributed by atoms with Gasteiger partial charge in [0.2, 0.25) is 0 Å². The number of hydrogen-bond donors (Lipinski definition) is 4. The van der Waals surface area contributed by atoms with Gasteiger partial charge in [0.25, 0.3) is 11.8 Å². The molecular weight excluding hydrogens is 406 g/mol. The van der Waals surface area contributed by atoms with E-state index in [4.69, 9.17) is 4.74 Å². The standard InChI is InChI=1S/C24H27N5O3/c1-32-18-13-11-17(12-14-18)27-24(31)22-21(15-25-29-22)28-23(30)19-9-5-6-10-20(19)26-16-7-3-2-4-8-16/h2-10,15,17-18,26H,11-14H2,1H3,(H,25,29)(H,27,31)(H,28,30). The Bertz CT molecular complexity index is 1060. The number of aromatic nitrogens is 2. The molecule has 0 radical (unpaired) electrons. The molecule has 0 bridgehead atoms. The van der Waals surface area contributed by atoms with Crippen molar-refractivity contribution in [2.45, 2.75) is 37.8 Å². The summed E-state index contributed by atoms with van der Waals surface area (Å²) in [5.74, 6) is -0.616. The van der Waals surface area contributed by atoms with E-state index in [9.17, 15) is 9.59 Å². The highest BCUT2D eigenvalue weighted by atomic mass is 16.5. The smallest absolute Gasteiger partial charge is 0.271 e. The van der Waals surface area contributed by atoms with E-state index < -0.39 is 0 Å². The van der Waals surface area contributed by atoms with Gasteiger partial charge >= 0.3 is 0 Å². The lowest BCUT2D eigenvalue weighted by Crippen LogP contribution is -2.39. The number of aromatic amines is 1. The van der Waals surface area contributed by atoms with Gasteiger partial charge in [0.05, 0.1) is 29.2 Å². The number of carbonyl (C=O) groups is 2. The number of methoxy groups -OCH3 is 1. The average Bonchev–Trinajstić information content (AvgIpc) is 3.29. The highest BCUT2D eigenvalue weighted by Gasteiger charge is 2.25. The summed E-state index contributed by atoms with van der Waals surface area (Å²) in [6.45, 7) is 0.